The van der Waals surface area contributed by atoms with Gasteiger partial charge in [0.1, 0.15) is 5.75 Å². The minimum atomic E-state index is -0.172. The van der Waals surface area contributed by atoms with E-state index in [-0.39, 0.29) is 18.3 Å². The van der Waals surface area contributed by atoms with Crippen LogP contribution in [0.2, 0.25) is 0 Å². The van der Waals surface area contributed by atoms with E-state index in [0.717, 1.165) is 0 Å². The van der Waals surface area contributed by atoms with Gasteiger partial charge in [0.2, 0.25) is 0 Å². The molecule has 5 nitrogen and oxygen atoms in total. The fourth-order valence-corrected chi connectivity index (χ4v) is 1.72. The van der Waals surface area contributed by atoms with E-state index in [1.54, 1.807) is 18.2 Å². The first-order chi connectivity index (χ1) is 8.56. The van der Waals surface area contributed by atoms with E-state index in [4.69, 9.17) is 4.74 Å². The SMILES string of the molecule is CN(C)CCC(=O)c1ccc2c(c1)OCC(=O)N2. The Morgan fingerprint density at radius 2 is 2.22 bits per heavy atom. The summed E-state index contributed by atoms with van der Waals surface area (Å²) in [6.07, 6.45) is 0.470. The first kappa shape index (κ1) is 12.6. The summed E-state index contributed by atoms with van der Waals surface area (Å²) in [7, 11) is 3.86. The van der Waals surface area contributed by atoms with Gasteiger partial charge in [-0.05, 0) is 32.3 Å². The molecule has 0 saturated carbocycles. The lowest BCUT2D eigenvalue weighted by molar-refractivity contribution is -0.118. The van der Waals surface area contributed by atoms with Gasteiger partial charge in [0, 0.05) is 18.5 Å². The van der Waals surface area contributed by atoms with Gasteiger partial charge in [0.05, 0.1) is 5.69 Å². The number of carbonyl (C=O) groups is 2. The molecule has 1 aromatic carbocycles. The maximum atomic E-state index is 11.9. The summed E-state index contributed by atoms with van der Waals surface area (Å²) in [4.78, 5) is 25.0. The van der Waals surface area contributed by atoms with Crippen LogP contribution in [0.3, 0.4) is 0 Å². The predicted molar refractivity (Wildman–Crippen MR) is 68.1 cm³/mol. The van der Waals surface area contributed by atoms with Crippen LogP contribution in [0.15, 0.2) is 18.2 Å². The van der Waals surface area contributed by atoms with Crippen LogP contribution < -0.4 is 10.1 Å². The zero-order valence-electron chi connectivity index (χ0n) is 10.5. The number of hydrogen-bond donors (Lipinski definition) is 1. The second-order valence-corrected chi connectivity index (χ2v) is 4.52. The van der Waals surface area contributed by atoms with Crippen molar-refractivity contribution in [3.8, 4) is 5.75 Å². The third-order valence-corrected chi connectivity index (χ3v) is 2.72. The fourth-order valence-electron chi connectivity index (χ4n) is 1.72. The summed E-state index contributed by atoms with van der Waals surface area (Å²) in [6, 6.07) is 5.10. The monoisotopic (exact) mass is 248 g/mol. The lowest BCUT2D eigenvalue weighted by Gasteiger charge is -2.18. The fraction of sp³-hybridized carbons (Fsp3) is 0.385. The zero-order chi connectivity index (χ0) is 13.1. The number of carbonyl (C=O) groups excluding carboxylic acids is 2. The molecule has 1 aliphatic rings. The molecule has 1 aliphatic heterocycles. The molecule has 5 heteroatoms. The van der Waals surface area contributed by atoms with Crippen molar-refractivity contribution >= 4 is 17.4 Å². The van der Waals surface area contributed by atoms with Crippen molar-refractivity contribution < 1.29 is 14.3 Å². The molecule has 0 radical (unpaired) electrons. The van der Waals surface area contributed by atoms with Gasteiger partial charge >= 0.3 is 0 Å². The van der Waals surface area contributed by atoms with E-state index < -0.39 is 0 Å². The van der Waals surface area contributed by atoms with E-state index in [1.165, 1.54) is 0 Å². The van der Waals surface area contributed by atoms with Crippen LogP contribution in [0.1, 0.15) is 16.8 Å². The summed E-state index contributed by atoms with van der Waals surface area (Å²) in [6.45, 7) is 0.718. The van der Waals surface area contributed by atoms with Gasteiger partial charge in [0.15, 0.2) is 12.4 Å². The van der Waals surface area contributed by atoms with Crippen molar-refractivity contribution in [3.63, 3.8) is 0 Å². The number of hydrogen-bond acceptors (Lipinski definition) is 4. The first-order valence-electron chi connectivity index (χ1n) is 5.81. The Morgan fingerprint density at radius 1 is 1.44 bits per heavy atom. The smallest absolute Gasteiger partial charge is 0.262 e. The van der Waals surface area contributed by atoms with Gasteiger partial charge in [0.25, 0.3) is 5.91 Å². The molecule has 18 heavy (non-hydrogen) atoms. The van der Waals surface area contributed by atoms with Crippen molar-refractivity contribution in [2.75, 3.05) is 32.6 Å². The second-order valence-electron chi connectivity index (χ2n) is 4.52. The van der Waals surface area contributed by atoms with Crippen LogP contribution in [-0.4, -0.2) is 43.8 Å². The largest absolute Gasteiger partial charge is 0.482 e. The molecule has 0 spiro atoms. The average Bonchev–Trinajstić information content (AvgIpc) is 2.35. The Balaban J connectivity index is 2.11. The molecule has 1 heterocycles. The number of nitrogens with one attached hydrogen (secondary N) is 1. The third kappa shape index (κ3) is 2.87. The Morgan fingerprint density at radius 3 is 2.94 bits per heavy atom. The van der Waals surface area contributed by atoms with Crippen molar-refractivity contribution in [1.82, 2.24) is 4.90 Å². The minimum absolute atomic E-state index is 0.00232. The van der Waals surface area contributed by atoms with Gasteiger partial charge in [-0.2, -0.15) is 0 Å². The molecule has 0 saturated heterocycles. The lowest BCUT2D eigenvalue weighted by atomic mass is 10.1. The molecule has 0 unspecified atom stereocenters. The summed E-state index contributed by atoms with van der Waals surface area (Å²) in [5.41, 5.74) is 1.24. The van der Waals surface area contributed by atoms with Crippen molar-refractivity contribution in [1.29, 1.82) is 0 Å². The molecule has 0 aromatic heterocycles. The van der Waals surface area contributed by atoms with E-state index >= 15 is 0 Å². The van der Waals surface area contributed by atoms with Crippen molar-refractivity contribution in [3.05, 3.63) is 23.8 Å². The quantitative estimate of drug-likeness (QED) is 0.812. The minimum Gasteiger partial charge on any atom is -0.482 e. The van der Waals surface area contributed by atoms with E-state index in [9.17, 15) is 9.59 Å². The highest BCUT2D eigenvalue weighted by Crippen LogP contribution is 2.28. The summed E-state index contributed by atoms with van der Waals surface area (Å²) >= 11 is 0. The molecule has 0 aliphatic carbocycles. The van der Waals surface area contributed by atoms with Gasteiger partial charge in [-0.15, -0.1) is 0 Å². The summed E-state index contributed by atoms with van der Waals surface area (Å²) in [5, 5.41) is 2.69. The molecule has 1 aromatic rings. The van der Waals surface area contributed by atoms with Crippen molar-refractivity contribution in [2.45, 2.75) is 6.42 Å². The highest BCUT2D eigenvalue weighted by atomic mass is 16.5. The molecule has 1 amide bonds. The van der Waals surface area contributed by atoms with Gasteiger partial charge < -0.3 is 15.0 Å². The molecule has 0 fully saturated rings. The molecule has 96 valence electrons. The topological polar surface area (TPSA) is 58.6 Å². The molecular formula is C13H16N2O3. The Kier molecular flexibility index (Phi) is 3.62. The maximum Gasteiger partial charge on any atom is 0.262 e. The van der Waals surface area contributed by atoms with E-state index in [1.807, 2.05) is 19.0 Å². The number of amides is 1. The van der Waals surface area contributed by atoms with Gasteiger partial charge in [-0.25, -0.2) is 0 Å². The van der Waals surface area contributed by atoms with Crippen LogP contribution >= 0.6 is 0 Å². The summed E-state index contributed by atoms with van der Waals surface area (Å²) in [5.74, 6) is 0.464. The lowest BCUT2D eigenvalue weighted by Crippen LogP contribution is -2.25. The number of nitrogens with zero attached hydrogens (tertiary/aromatic N) is 1. The number of benzene rings is 1. The number of ketones is 1. The molecular weight excluding hydrogens is 232 g/mol. The standard InChI is InChI=1S/C13H16N2O3/c1-15(2)6-5-11(16)9-3-4-10-12(7-9)18-8-13(17)14-10/h3-4,7H,5-6,8H2,1-2H3,(H,14,17). The predicted octanol–water partition coefficient (Wildman–Crippen LogP) is 1.15. The maximum absolute atomic E-state index is 11.9. The number of anilines is 1. The first-order valence-corrected chi connectivity index (χ1v) is 5.81. The van der Waals surface area contributed by atoms with Crippen LogP contribution in [-0.2, 0) is 4.79 Å². The highest BCUT2D eigenvalue weighted by Gasteiger charge is 2.17. The van der Waals surface area contributed by atoms with Gasteiger partial charge in [-0.3, -0.25) is 9.59 Å². The Labute approximate surface area is 106 Å². The molecule has 0 bridgehead atoms. The normalized spacial score (nSPS) is 13.8. The second kappa shape index (κ2) is 5.18. The Hall–Kier alpha value is -1.88. The third-order valence-electron chi connectivity index (χ3n) is 2.72. The van der Waals surface area contributed by atoms with Crippen molar-refractivity contribution in [2.24, 2.45) is 0 Å². The number of rotatable bonds is 4. The molecule has 0 atom stereocenters. The molecule has 2 rings (SSSR count). The number of Topliss-reactive ketones (excluding diaryl/α,β-unsaturated/α-hetero) is 1. The van der Waals surface area contributed by atoms with Crippen LogP contribution in [0.5, 0.6) is 5.75 Å². The number of ether oxygens (including phenoxy) is 1. The number of fused-ring (bicyclic) bond motifs is 1. The average molecular weight is 248 g/mol. The van der Waals surface area contributed by atoms with Gasteiger partial charge in [-0.1, -0.05) is 0 Å². The van der Waals surface area contributed by atoms with Crippen LogP contribution in [0.25, 0.3) is 0 Å². The van der Waals surface area contributed by atoms with Crippen LogP contribution in [0, 0.1) is 0 Å². The summed E-state index contributed by atoms with van der Waals surface area (Å²) < 4.78 is 5.28. The highest BCUT2D eigenvalue weighted by molar-refractivity contribution is 5.99. The van der Waals surface area contributed by atoms with E-state index in [2.05, 4.69) is 5.32 Å². The molecule has 1 N–H and O–H groups in total. The van der Waals surface area contributed by atoms with Crippen LogP contribution in [0.4, 0.5) is 5.69 Å². The van der Waals surface area contributed by atoms with E-state index in [0.29, 0.717) is 30.0 Å². The zero-order valence-corrected chi connectivity index (χ0v) is 10.5. The Bertz CT molecular complexity index is 483.